The molecule has 0 bridgehead atoms. The van der Waals surface area contributed by atoms with Gasteiger partial charge in [-0.3, -0.25) is 5.43 Å². The molecule has 2 heterocycles. The van der Waals surface area contributed by atoms with Crippen molar-refractivity contribution in [2.24, 2.45) is 5.10 Å². The van der Waals surface area contributed by atoms with Crippen LogP contribution in [0.3, 0.4) is 0 Å². The van der Waals surface area contributed by atoms with Crippen molar-refractivity contribution in [3.63, 3.8) is 0 Å². The van der Waals surface area contributed by atoms with Gasteiger partial charge in [-0.25, -0.2) is 9.67 Å². The fourth-order valence-electron chi connectivity index (χ4n) is 3.51. The normalized spacial score (nSPS) is 11.8. The third-order valence-electron chi connectivity index (χ3n) is 5.33. The van der Waals surface area contributed by atoms with Crippen LogP contribution in [0, 0.1) is 0 Å². The van der Waals surface area contributed by atoms with Gasteiger partial charge in [-0.1, -0.05) is 59.6 Å². The molecular weight excluding hydrogens is 542 g/mol. The molecule has 0 atom stereocenters. The second-order valence-corrected chi connectivity index (χ2v) is 9.50. The Hall–Kier alpha value is -3.66. The van der Waals surface area contributed by atoms with Gasteiger partial charge in [-0.15, -0.1) is 11.3 Å². The molecule has 0 aliphatic rings. The average Bonchev–Trinajstić information content (AvgIpc) is 3.54. The zero-order chi connectivity index (χ0) is 26.0. The molecule has 5 rings (SSSR count). The molecule has 1 N–H and O–H groups in total. The number of alkyl halides is 3. The molecular formula is C26H16Cl2F3N5S. The van der Waals surface area contributed by atoms with Crippen LogP contribution in [0.15, 0.2) is 89.5 Å². The van der Waals surface area contributed by atoms with E-state index in [0.29, 0.717) is 37.7 Å². The summed E-state index contributed by atoms with van der Waals surface area (Å²) in [5, 5.41) is 12.2. The minimum atomic E-state index is -4.42. The summed E-state index contributed by atoms with van der Waals surface area (Å²) in [4.78, 5) is 4.51. The van der Waals surface area contributed by atoms with Crippen molar-refractivity contribution >= 4 is 45.9 Å². The van der Waals surface area contributed by atoms with Crippen LogP contribution in [0.4, 0.5) is 18.3 Å². The zero-order valence-corrected chi connectivity index (χ0v) is 21.1. The van der Waals surface area contributed by atoms with Gasteiger partial charge >= 0.3 is 6.18 Å². The molecule has 3 aromatic carbocycles. The minimum Gasteiger partial charge on any atom is -0.253 e. The van der Waals surface area contributed by atoms with E-state index in [1.54, 1.807) is 29.2 Å². The highest BCUT2D eigenvalue weighted by Gasteiger charge is 2.30. The van der Waals surface area contributed by atoms with E-state index in [0.717, 1.165) is 23.4 Å². The van der Waals surface area contributed by atoms with Crippen LogP contribution in [0.5, 0.6) is 0 Å². The second-order valence-electron chi connectivity index (χ2n) is 7.83. The molecule has 0 spiro atoms. The van der Waals surface area contributed by atoms with Gasteiger partial charge < -0.3 is 0 Å². The van der Waals surface area contributed by atoms with Gasteiger partial charge in [-0.2, -0.15) is 23.4 Å². The van der Waals surface area contributed by atoms with Crippen molar-refractivity contribution in [1.82, 2.24) is 14.8 Å². The predicted molar refractivity (Wildman–Crippen MR) is 143 cm³/mol. The number of nitrogens with zero attached hydrogens (tertiary/aromatic N) is 4. The van der Waals surface area contributed by atoms with Crippen LogP contribution in [0.1, 0.15) is 11.1 Å². The molecule has 11 heteroatoms. The minimum absolute atomic E-state index is 0.436. The highest BCUT2D eigenvalue weighted by molar-refractivity contribution is 7.14. The summed E-state index contributed by atoms with van der Waals surface area (Å²) in [5.41, 5.74) is 6.12. The third-order valence-corrected chi connectivity index (χ3v) is 6.82. The third kappa shape index (κ3) is 5.69. The van der Waals surface area contributed by atoms with Crippen molar-refractivity contribution in [3.8, 4) is 28.2 Å². The first kappa shape index (κ1) is 25.0. The van der Waals surface area contributed by atoms with Gasteiger partial charge in [0, 0.05) is 28.3 Å². The lowest BCUT2D eigenvalue weighted by molar-refractivity contribution is -0.137. The van der Waals surface area contributed by atoms with Crippen LogP contribution >= 0.6 is 34.5 Å². The fourth-order valence-corrected chi connectivity index (χ4v) is 4.47. The number of anilines is 1. The number of thiazole rings is 1. The molecule has 0 unspecified atom stereocenters. The van der Waals surface area contributed by atoms with Gasteiger partial charge in [-0.05, 0) is 36.4 Å². The summed E-state index contributed by atoms with van der Waals surface area (Å²) in [6.45, 7) is 0. The standard InChI is InChI=1S/C26H16Cl2F3N5S/c27-21-11-8-17(12-22(21)28)23-15-37-25(33-23)34-32-13-18-14-36(20-4-2-1-3-5-20)35-24(18)16-6-9-19(10-7-16)26(29,30)31/h1-15H,(H,33,34)/b32-13+. The van der Waals surface area contributed by atoms with Crippen LogP contribution in [-0.2, 0) is 6.18 Å². The largest absolute Gasteiger partial charge is 0.416 e. The molecule has 0 radical (unpaired) electrons. The van der Waals surface area contributed by atoms with Crippen molar-refractivity contribution in [2.75, 3.05) is 5.43 Å². The molecule has 5 aromatic rings. The van der Waals surface area contributed by atoms with E-state index >= 15 is 0 Å². The molecule has 0 aliphatic carbocycles. The summed E-state index contributed by atoms with van der Waals surface area (Å²) < 4.78 is 40.8. The number of hydrogen-bond donors (Lipinski definition) is 1. The van der Waals surface area contributed by atoms with Crippen molar-refractivity contribution < 1.29 is 13.2 Å². The lowest BCUT2D eigenvalue weighted by Gasteiger charge is -2.07. The quantitative estimate of drug-likeness (QED) is 0.168. The Labute approximate surface area is 223 Å². The lowest BCUT2D eigenvalue weighted by Crippen LogP contribution is -2.04. The lowest BCUT2D eigenvalue weighted by atomic mass is 10.1. The SMILES string of the molecule is FC(F)(F)c1ccc(-c2nn(-c3ccccc3)cc2/C=N/Nc2nc(-c3ccc(Cl)c(Cl)c3)cs2)cc1. The summed E-state index contributed by atoms with van der Waals surface area (Å²) >= 11 is 13.4. The Bertz CT molecular complexity index is 1560. The van der Waals surface area contributed by atoms with Crippen LogP contribution in [-0.4, -0.2) is 21.0 Å². The van der Waals surface area contributed by atoms with Gasteiger partial charge in [0.1, 0.15) is 5.69 Å². The van der Waals surface area contributed by atoms with E-state index in [4.69, 9.17) is 23.2 Å². The summed E-state index contributed by atoms with van der Waals surface area (Å²) in [7, 11) is 0. The number of aromatic nitrogens is 3. The topological polar surface area (TPSA) is 55.1 Å². The highest BCUT2D eigenvalue weighted by Crippen LogP contribution is 2.32. The van der Waals surface area contributed by atoms with Crippen LogP contribution < -0.4 is 5.43 Å². The molecule has 0 aliphatic heterocycles. The summed E-state index contributed by atoms with van der Waals surface area (Å²) in [5.74, 6) is 0. The maximum atomic E-state index is 13.0. The van der Waals surface area contributed by atoms with Crippen LogP contribution in [0.2, 0.25) is 10.0 Å². The Morgan fingerprint density at radius 3 is 2.35 bits per heavy atom. The van der Waals surface area contributed by atoms with E-state index in [2.05, 4.69) is 20.6 Å². The van der Waals surface area contributed by atoms with Crippen molar-refractivity contribution in [3.05, 3.63) is 106 Å². The van der Waals surface area contributed by atoms with Crippen LogP contribution in [0.25, 0.3) is 28.2 Å². The predicted octanol–water partition coefficient (Wildman–Crippen LogP) is 8.43. The molecule has 0 saturated carbocycles. The van der Waals surface area contributed by atoms with E-state index in [1.165, 1.54) is 23.5 Å². The summed E-state index contributed by atoms with van der Waals surface area (Å²) in [6.07, 6.45) is -1.10. The molecule has 186 valence electrons. The Balaban J connectivity index is 1.42. The average molecular weight is 558 g/mol. The van der Waals surface area contributed by atoms with Gasteiger partial charge in [0.2, 0.25) is 5.13 Å². The zero-order valence-electron chi connectivity index (χ0n) is 18.7. The Morgan fingerprint density at radius 2 is 1.65 bits per heavy atom. The van der Waals surface area contributed by atoms with E-state index in [1.807, 2.05) is 41.8 Å². The van der Waals surface area contributed by atoms with E-state index in [9.17, 15) is 13.2 Å². The van der Waals surface area contributed by atoms with Crippen molar-refractivity contribution in [1.29, 1.82) is 0 Å². The maximum Gasteiger partial charge on any atom is 0.416 e. The number of para-hydroxylation sites is 1. The van der Waals surface area contributed by atoms with Gasteiger partial charge in [0.15, 0.2) is 0 Å². The number of nitrogens with one attached hydrogen (secondary N) is 1. The molecule has 5 nitrogen and oxygen atoms in total. The number of benzene rings is 3. The maximum absolute atomic E-state index is 13.0. The molecule has 37 heavy (non-hydrogen) atoms. The second kappa shape index (κ2) is 10.4. The molecule has 2 aromatic heterocycles. The molecule has 0 fully saturated rings. The van der Waals surface area contributed by atoms with Crippen molar-refractivity contribution in [2.45, 2.75) is 6.18 Å². The first-order valence-electron chi connectivity index (χ1n) is 10.8. The number of rotatable bonds is 6. The summed E-state index contributed by atoms with van der Waals surface area (Å²) in [6, 6.07) is 19.5. The smallest absolute Gasteiger partial charge is 0.253 e. The van der Waals surface area contributed by atoms with Gasteiger partial charge in [0.05, 0.1) is 33.2 Å². The van der Waals surface area contributed by atoms with E-state index < -0.39 is 11.7 Å². The Kier molecular flexibility index (Phi) is 7.01. The number of hydrogen-bond acceptors (Lipinski definition) is 5. The van der Waals surface area contributed by atoms with Gasteiger partial charge in [0.25, 0.3) is 0 Å². The Morgan fingerprint density at radius 1 is 0.919 bits per heavy atom. The molecule has 0 saturated heterocycles. The number of halogens is 5. The van der Waals surface area contributed by atoms with E-state index in [-0.39, 0.29) is 0 Å². The highest BCUT2D eigenvalue weighted by atomic mass is 35.5. The monoisotopic (exact) mass is 557 g/mol. The fraction of sp³-hybridized carbons (Fsp3) is 0.0385. The molecule has 0 amide bonds. The first-order valence-corrected chi connectivity index (χ1v) is 12.4. The first-order chi connectivity index (χ1) is 17.8. The number of hydrazone groups is 1.